The van der Waals surface area contributed by atoms with Gasteiger partial charge in [0.15, 0.2) is 9.84 Å². The van der Waals surface area contributed by atoms with Crippen LogP contribution in [-0.2, 0) is 14.6 Å². The summed E-state index contributed by atoms with van der Waals surface area (Å²) in [5.41, 5.74) is 0.370. The first-order valence-electron chi connectivity index (χ1n) is 9.74. The molecule has 3 rings (SSSR count). The molecule has 28 heavy (non-hydrogen) atoms. The summed E-state index contributed by atoms with van der Waals surface area (Å²) in [7, 11) is -3.56. The number of piperidine rings is 1. The molecular formula is C19H29N3O5S. The van der Waals surface area contributed by atoms with Gasteiger partial charge in [0.2, 0.25) is 0 Å². The first-order valence-corrected chi connectivity index (χ1v) is 11.6. The van der Waals surface area contributed by atoms with E-state index in [4.69, 9.17) is 4.74 Å². The molecule has 0 aliphatic carbocycles. The Hall–Kier alpha value is -1.71. The van der Waals surface area contributed by atoms with Gasteiger partial charge in [-0.1, -0.05) is 0 Å². The molecule has 2 heterocycles. The number of ether oxygens (including phenoxy) is 1. The van der Waals surface area contributed by atoms with E-state index in [-0.39, 0.29) is 22.8 Å². The molecule has 0 amide bonds. The summed E-state index contributed by atoms with van der Waals surface area (Å²) in [5.74, 6) is 0.563. The van der Waals surface area contributed by atoms with E-state index in [1.807, 2.05) is 4.90 Å². The Kier molecular flexibility index (Phi) is 6.26. The average Bonchev–Trinajstić information content (AvgIpc) is 2.60. The molecule has 0 spiro atoms. The minimum Gasteiger partial charge on any atom is -0.373 e. The number of sulfone groups is 1. The van der Waals surface area contributed by atoms with Gasteiger partial charge in [0.1, 0.15) is 0 Å². The molecule has 2 unspecified atom stereocenters. The Balaban J connectivity index is 1.67. The smallest absolute Gasteiger partial charge is 0.270 e. The maximum Gasteiger partial charge on any atom is 0.270 e. The van der Waals surface area contributed by atoms with E-state index in [0.29, 0.717) is 11.6 Å². The molecule has 2 aliphatic rings. The predicted octanol–water partition coefficient (Wildman–Crippen LogP) is 2.32. The van der Waals surface area contributed by atoms with Crippen molar-refractivity contribution < 1.29 is 18.1 Å². The summed E-state index contributed by atoms with van der Waals surface area (Å²) < 4.78 is 30.2. The van der Waals surface area contributed by atoms with Crippen LogP contribution in [0.4, 0.5) is 11.4 Å². The third-order valence-corrected chi connectivity index (χ3v) is 6.65. The van der Waals surface area contributed by atoms with Crippen LogP contribution in [0.2, 0.25) is 0 Å². The van der Waals surface area contributed by atoms with E-state index in [9.17, 15) is 18.5 Å². The molecule has 1 aromatic carbocycles. The fourth-order valence-electron chi connectivity index (χ4n) is 4.33. The molecule has 2 saturated heterocycles. The van der Waals surface area contributed by atoms with Crippen molar-refractivity contribution in [2.24, 2.45) is 5.92 Å². The largest absolute Gasteiger partial charge is 0.373 e. The number of nitro groups is 1. The van der Waals surface area contributed by atoms with Crippen molar-refractivity contribution in [1.82, 2.24) is 4.90 Å². The third kappa shape index (κ3) is 5.01. The molecular weight excluding hydrogens is 382 g/mol. The van der Waals surface area contributed by atoms with Crippen LogP contribution in [-0.4, -0.2) is 69.4 Å². The molecule has 2 aliphatic heterocycles. The Morgan fingerprint density at radius 3 is 2.32 bits per heavy atom. The van der Waals surface area contributed by atoms with Gasteiger partial charge in [-0.15, -0.1) is 0 Å². The van der Waals surface area contributed by atoms with Gasteiger partial charge in [0.05, 0.1) is 27.7 Å². The minimum absolute atomic E-state index is 0.0379. The normalized spacial score (nSPS) is 25.0. The number of benzene rings is 1. The van der Waals surface area contributed by atoms with Gasteiger partial charge in [0.25, 0.3) is 5.69 Å². The quantitative estimate of drug-likeness (QED) is 0.542. The Morgan fingerprint density at radius 1 is 1.18 bits per heavy atom. The zero-order chi connectivity index (χ0) is 20.5. The summed E-state index contributed by atoms with van der Waals surface area (Å²) >= 11 is 0. The van der Waals surface area contributed by atoms with Crippen LogP contribution in [0.25, 0.3) is 0 Å². The Labute approximate surface area is 166 Å². The van der Waals surface area contributed by atoms with E-state index in [1.165, 1.54) is 12.1 Å². The minimum atomic E-state index is -3.56. The highest BCUT2D eigenvalue weighted by Gasteiger charge is 2.29. The maximum atomic E-state index is 12.2. The first kappa shape index (κ1) is 21.0. The lowest BCUT2D eigenvalue weighted by molar-refractivity contribution is -0.385. The predicted molar refractivity (Wildman–Crippen MR) is 108 cm³/mol. The van der Waals surface area contributed by atoms with Crippen molar-refractivity contribution in [3.63, 3.8) is 0 Å². The fraction of sp³-hybridized carbons (Fsp3) is 0.684. The molecule has 1 aromatic rings. The fourth-order valence-corrected chi connectivity index (χ4v) is 5.24. The van der Waals surface area contributed by atoms with Gasteiger partial charge in [-0.3, -0.25) is 15.0 Å². The lowest BCUT2D eigenvalue weighted by Crippen LogP contribution is -2.48. The zero-order valence-electron chi connectivity index (χ0n) is 16.7. The summed E-state index contributed by atoms with van der Waals surface area (Å²) in [5, 5.41) is 11.0. The van der Waals surface area contributed by atoms with Crippen LogP contribution in [0.15, 0.2) is 23.1 Å². The molecule has 9 heteroatoms. The highest BCUT2D eigenvalue weighted by molar-refractivity contribution is 7.90. The summed E-state index contributed by atoms with van der Waals surface area (Å²) in [4.78, 5) is 15.0. The van der Waals surface area contributed by atoms with E-state index in [0.717, 1.165) is 51.8 Å². The summed E-state index contributed by atoms with van der Waals surface area (Å²) in [6, 6.07) is 4.13. The third-order valence-electron chi connectivity index (χ3n) is 5.52. The zero-order valence-corrected chi connectivity index (χ0v) is 17.5. The summed E-state index contributed by atoms with van der Waals surface area (Å²) in [6.07, 6.45) is 3.55. The highest BCUT2D eigenvalue weighted by atomic mass is 32.2. The van der Waals surface area contributed by atoms with Crippen LogP contribution in [0.1, 0.15) is 26.7 Å². The van der Waals surface area contributed by atoms with Crippen LogP contribution < -0.4 is 4.90 Å². The first-order chi connectivity index (χ1) is 13.1. The van der Waals surface area contributed by atoms with Crippen molar-refractivity contribution in [2.45, 2.75) is 43.8 Å². The van der Waals surface area contributed by atoms with Crippen LogP contribution >= 0.6 is 0 Å². The van der Waals surface area contributed by atoms with Crippen LogP contribution in [0.3, 0.4) is 0 Å². The number of nitrogens with zero attached hydrogens (tertiary/aromatic N) is 3. The number of hydrogen-bond acceptors (Lipinski definition) is 7. The Morgan fingerprint density at radius 2 is 1.79 bits per heavy atom. The standard InChI is InChI=1S/C19H29N3O5S/c1-14-11-20(12-15(2)27-14)13-16-6-8-21(9-7-16)18-5-4-17(22(23)24)10-19(18)28(3,25)26/h4-5,10,14-16H,6-9,11-13H2,1-3H3. The number of morpholine rings is 1. The van der Waals surface area contributed by atoms with Gasteiger partial charge in [-0.05, 0) is 38.7 Å². The van der Waals surface area contributed by atoms with Crippen molar-refractivity contribution in [2.75, 3.05) is 43.9 Å². The molecule has 0 aromatic heterocycles. The van der Waals surface area contributed by atoms with E-state index < -0.39 is 14.8 Å². The maximum absolute atomic E-state index is 12.2. The topological polar surface area (TPSA) is 93.0 Å². The second kappa shape index (κ2) is 8.34. The summed E-state index contributed by atoms with van der Waals surface area (Å²) in [6.45, 7) is 8.64. The van der Waals surface area contributed by atoms with Crippen LogP contribution in [0.5, 0.6) is 0 Å². The lowest BCUT2D eigenvalue weighted by atomic mass is 9.95. The second-order valence-corrected chi connectivity index (χ2v) is 10.1. The molecule has 8 nitrogen and oxygen atoms in total. The second-order valence-electron chi connectivity index (χ2n) is 8.09. The van der Waals surface area contributed by atoms with Crippen molar-refractivity contribution in [3.05, 3.63) is 28.3 Å². The van der Waals surface area contributed by atoms with E-state index in [1.54, 1.807) is 6.07 Å². The number of anilines is 1. The van der Waals surface area contributed by atoms with Gasteiger partial charge < -0.3 is 9.64 Å². The molecule has 0 radical (unpaired) electrons. The number of rotatable bonds is 5. The van der Waals surface area contributed by atoms with E-state index >= 15 is 0 Å². The number of nitro benzene ring substituents is 1. The monoisotopic (exact) mass is 411 g/mol. The highest BCUT2D eigenvalue weighted by Crippen LogP contribution is 2.32. The molecule has 0 N–H and O–H groups in total. The Bertz CT molecular complexity index is 811. The SMILES string of the molecule is CC1CN(CC2CCN(c3ccc([N+](=O)[O-])cc3S(C)(=O)=O)CC2)CC(C)O1. The molecule has 156 valence electrons. The van der Waals surface area contributed by atoms with Gasteiger partial charge >= 0.3 is 0 Å². The number of hydrogen-bond donors (Lipinski definition) is 0. The molecule has 0 bridgehead atoms. The molecule has 0 saturated carbocycles. The average molecular weight is 412 g/mol. The van der Waals surface area contributed by atoms with Gasteiger partial charge in [-0.2, -0.15) is 0 Å². The molecule has 2 atom stereocenters. The van der Waals surface area contributed by atoms with Crippen LogP contribution in [0, 0.1) is 16.0 Å². The lowest BCUT2D eigenvalue weighted by Gasteiger charge is -2.40. The van der Waals surface area contributed by atoms with Gasteiger partial charge in [-0.25, -0.2) is 8.42 Å². The van der Waals surface area contributed by atoms with Crippen molar-refractivity contribution in [1.29, 1.82) is 0 Å². The van der Waals surface area contributed by atoms with Gasteiger partial charge in [0, 0.05) is 51.1 Å². The molecule has 2 fully saturated rings. The van der Waals surface area contributed by atoms with E-state index in [2.05, 4.69) is 18.7 Å². The van der Waals surface area contributed by atoms with Crippen molar-refractivity contribution >= 4 is 21.2 Å². The number of non-ortho nitro benzene ring substituents is 1. The van der Waals surface area contributed by atoms with Crippen molar-refractivity contribution in [3.8, 4) is 0 Å².